The Morgan fingerprint density at radius 3 is 2.40 bits per heavy atom. The Morgan fingerprint density at radius 1 is 0.967 bits per heavy atom. The van der Waals surface area contributed by atoms with Gasteiger partial charge in [0.15, 0.2) is 0 Å². The molecule has 0 saturated heterocycles. The zero-order chi connectivity index (χ0) is 21.1. The molecule has 1 amide bonds. The molecular weight excluding hydrogens is 417 g/mol. The predicted molar refractivity (Wildman–Crippen MR) is 122 cm³/mol. The summed E-state index contributed by atoms with van der Waals surface area (Å²) in [4.78, 5) is 12.6. The molecule has 0 fully saturated rings. The molecule has 1 aromatic heterocycles. The number of hydrogen-bond acceptors (Lipinski definition) is 2. The topological polar surface area (TPSA) is 57.8 Å². The van der Waals surface area contributed by atoms with Gasteiger partial charge in [-0.25, -0.2) is 0 Å². The van der Waals surface area contributed by atoms with E-state index in [1.807, 2.05) is 61.5 Å². The molecule has 150 valence electrons. The van der Waals surface area contributed by atoms with Crippen LogP contribution < -0.4 is 5.32 Å². The second-order valence-corrected chi connectivity index (χ2v) is 7.82. The lowest BCUT2D eigenvalue weighted by atomic mass is 10.1. The van der Waals surface area contributed by atoms with Gasteiger partial charge in [-0.15, -0.1) is 0 Å². The van der Waals surface area contributed by atoms with Crippen LogP contribution in [0.1, 0.15) is 28.9 Å². The fourth-order valence-corrected chi connectivity index (χ4v) is 3.72. The molecular formula is C24H19Cl2N3O. The van der Waals surface area contributed by atoms with E-state index in [0.717, 1.165) is 28.1 Å². The van der Waals surface area contributed by atoms with Crippen LogP contribution in [0.15, 0.2) is 78.9 Å². The van der Waals surface area contributed by atoms with E-state index in [4.69, 9.17) is 23.2 Å². The molecule has 0 unspecified atom stereocenters. The first kappa shape index (κ1) is 20.2. The molecule has 4 rings (SSSR count). The lowest BCUT2D eigenvalue weighted by Crippen LogP contribution is -2.26. The van der Waals surface area contributed by atoms with E-state index < -0.39 is 0 Å². The Bertz CT molecular complexity index is 1170. The van der Waals surface area contributed by atoms with Crippen molar-refractivity contribution in [2.24, 2.45) is 0 Å². The van der Waals surface area contributed by atoms with E-state index in [9.17, 15) is 4.79 Å². The van der Waals surface area contributed by atoms with Crippen LogP contribution >= 0.6 is 23.2 Å². The highest BCUT2D eigenvalue weighted by Gasteiger charge is 2.13. The maximum absolute atomic E-state index is 12.6. The van der Waals surface area contributed by atoms with Crippen molar-refractivity contribution in [3.63, 3.8) is 0 Å². The molecule has 0 spiro atoms. The van der Waals surface area contributed by atoms with E-state index in [0.29, 0.717) is 15.6 Å². The molecule has 1 heterocycles. The summed E-state index contributed by atoms with van der Waals surface area (Å²) in [7, 11) is 0. The van der Waals surface area contributed by atoms with Crippen LogP contribution in [0.3, 0.4) is 0 Å². The molecule has 0 saturated carbocycles. The molecule has 0 aliphatic heterocycles. The smallest absolute Gasteiger partial charge is 0.251 e. The molecule has 0 aliphatic carbocycles. The second kappa shape index (κ2) is 8.74. The Labute approximate surface area is 184 Å². The van der Waals surface area contributed by atoms with E-state index in [2.05, 4.69) is 15.5 Å². The van der Waals surface area contributed by atoms with E-state index in [1.54, 1.807) is 24.3 Å². The van der Waals surface area contributed by atoms with Gasteiger partial charge < -0.3 is 5.32 Å². The van der Waals surface area contributed by atoms with Crippen molar-refractivity contribution in [1.82, 2.24) is 15.5 Å². The van der Waals surface area contributed by atoms with Gasteiger partial charge in [-0.05, 0) is 48.9 Å². The van der Waals surface area contributed by atoms with E-state index >= 15 is 0 Å². The van der Waals surface area contributed by atoms with Gasteiger partial charge in [0.25, 0.3) is 5.91 Å². The Morgan fingerprint density at radius 2 is 1.70 bits per heavy atom. The number of amides is 1. The van der Waals surface area contributed by atoms with Crippen LogP contribution in [0, 0.1) is 0 Å². The number of nitrogens with one attached hydrogen (secondary N) is 2. The van der Waals surface area contributed by atoms with Gasteiger partial charge in [0.1, 0.15) is 0 Å². The summed E-state index contributed by atoms with van der Waals surface area (Å²) < 4.78 is 0. The zero-order valence-electron chi connectivity index (χ0n) is 16.2. The van der Waals surface area contributed by atoms with Crippen LogP contribution in [0.5, 0.6) is 0 Å². The summed E-state index contributed by atoms with van der Waals surface area (Å²) in [6, 6.07) is 24.4. The van der Waals surface area contributed by atoms with Crippen molar-refractivity contribution in [1.29, 1.82) is 0 Å². The average Bonchev–Trinajstić information content (AvgIpc) is 3.24. The van der Waals surface area contributed by atoms with Crippen molar-refractivity contribution < 1.29 is 4.79 Å². The van der Waals surface area contributed by atoms with Crippen LogP contribution in [-0.2, 0) is 0 Å². The lowest BCUT2D eigenvalue weighted by molar-refractivity contribution is 0.0940. The third-order valence-electron chi connectivity index (χ3n) is 4.89. The summed E-state index contributed by atoms with van der Waals surface area (Å²) in [5, 5.41) is 11.5. The Kier molecular flexibility index (Phi) is 5.88. The van der Waals surface area contributed by atoms with Crippen LogP contribution in [0.4, 0.5) is 0 Å². The number of rotatable bonds is 5. The minimum atomic E-state index is -0.117. The van der Waals surface area contributed by atoms with Gasteiger partial charge in [-0.3, -0.25) is 9.89 Å². The first-order valence-electron chi connectivity index (χ1n) is 9.48. The molecule has 3 aromatic carbocycles. The summed E-state index contributed by atoms with van der Waals surface area (Å²) in [5.41, 5.74) is 4.94. The summed E-state index contributed by atoms with van der Waals surface area (Å²) in [6.07, 6.45) is 0. The van der Waals surface area contributed by atoms with Gasteiger partial charge in [0.05, 0.1) is 22.5 Å². The minimum Gasteiger partial charge on any atom is -0.346 e. The number of aromatic nitrogens is 2. The summed E-state index contributed by atoms with van der Waals surface area (Å²) in [6.45, 7) is 1.97. The molecule has 0 radical (unpaired) electrons. The number of carbonyl (C=O) groups is 1. The third-order valence-corrected chi connectivity index (χ3v) is 5.44. The van der Waals surface area contributed by atoms with E-state index in [1.165, 1.54) is 0 Å². The third kappa shape index (κ3) is 4.40. The molecule has 6 heteroatoms. The fourth-order valence-electron chi connectivity index (χ4n) is 3.21. The molecule has 4 aromatic rings. The van der Waals surface area contributed by atoms with Crippen molar-refractivity contribution >= 4 is 29.1 Å². The maximum atomic E-state index is 12.6. The monoisotopic (exact) mass is 435 g/mol. The van der Waals surface area contributed by atoms with Gasteiger partial charge >= 0.3 is 0 Å². The SMILES string of the molecule is C[C@@H](NC(=O)c1ccc(-c2cc(-c3ccc(Cl)cc3Cl)[nH]n2)cc1)c1ccccc1. The molecule has 30 heavy (non-hydrogen) atoms. The van der Waals surface area contributed by atoms with Gasteiger partial charge in [-0.1, -0.05) is 65.7 Å². The Balaban J connectivity index is 1.48. The quantitative estimate of drug-likeness (QED) is 0.373. The van der Waals surface area contributed by atoms with Gasteiger partial charge in [-0.2, -0.15) is 5.10 Å². The second-order valence-electron chi connectivity index (χ2n) is 6.97. The van der Waals surface area contributed by atoms with Crippen molar-refractivity contribution in [3.05, 3.63) is 100 Å². The van der Waals surface area contributed by atoms with Crippen LogP contribution in [0.25, 0.3) is 22.5 Å². The number of nitrogens with zero attached hydrogens (tertiary/aromatic N) is 1. The van der Waals surface area contributed by atoms with Crippen LogP contribution in [0.2, 0.25) is 10.0 Å². The van der Waals surface area contributed by atoms with Crippen molar-refractivity contribution in [2.75, 3.05) is 0 Å². The van der Waals surface area contributed by atoms with Crippen LogP contribution in [-0.4, -0.2) is 16.1 Å². The lowest BCUT2D eigenvalue weighted by Gasteiger charge is -2.14. The predicted octanol–water partition coefficient (Wildman–Crippen LogP) is 6.54. The normalized spacial score (nSPS) is 11.8. The number of benzene rings is 3. The minimum absolute atomic E-state index is 0.0728. The number of hydrogen-bond donors (Lipinski definition) is 2. The summed E-state index contributed by atoms with van der Waals surface area (Å²) >= 11 is 12.3. The van der Waals surface area contributed by atoms with Crippen molar-refractivity contribution in [2.45, 2.75) is 13.0 Å². The molecule has 0 aliphatic rings. The highest BCUT2D eigenvalue weighted by atomic mass is 35.5. The van der Waals surface area contributed by atoms with Gasteiger partial charge in [0, 0.05) is 21.7 Å². The molecule has 2 N–H and O–H groups in total. The largest absolute Gasteiger partial charge is 0.346 e. The van der Waals surface area contributed by atoms with Crippen molar-refractivity contribution in [3.8, 4) is 22.5 Å². The standard InChI is InChI=1S/C24H19Cl2N3O/c1-15(16-5-3-2-4-6-16)27-24(30)18-9-7-17(8-10-18)22-14-23(29-28-22)20-12-11-19(25)13-21(20)26/h2-15H,1H3,(H,27,30)(H,28,29)/t15-/m1/s1. The van der Waals surface area contributed by atoms with E-state index in [-0.39, 0.29) is 11.9 Å². The van der Waals surface area contributed by atoms with Gasteiger partial charge in [0.2, 0.25) is 0 Å². The number of halogens is 2. The number of carbonyl (C=O) groups excluding carboxylic acids is 1. The fraction of sp³-hybridized carbons (Fsp3) is 0.0833. The molecule has 0 bridgehead atoms. The summed E-state index contributed by atoms with van der Waals surface area (Å²) in [5.74, 6) is -0.117. The molecule has 4 nitrogen and oxygen atoms in total. The Hall–Kier alpha value is -3.08. The number of H-pyrrole nitrogens is 1. The first-order chi connectivity index (χ1) is 14.5. The maximum Gasteiger partial charge on any atom is 0.251 e. The highest BCUT2D eigenvalue weighted by Crippen LogP contribution is 2.31. The molecule has 1 atom stereocenters. The first-order valence-corrected chi connectivity index (χ1v) is 10.2. The highest BCUT2D eigenvalue weighted by molar-refractivity contribution is 6.36. The zero-order valence-corrected chi connectivity index (χ0v) is 17.7. The average molecular weight is 436 g/mol. The number of aromatic amines is 1.